The predicted molar refractivity (Wildman–Crippen MR) is 77.2 cm³/mol. The number of hydrogen-bond acceptors (Lipinski definition) is 7. The third kappa shape index (κ3) is 3.47. The summed E-state index contributed by atoms with van der Waals surface area (Å²) >= 11 is 0. The summed E-state index contributed by atoms with van der Waals surface area (Å²) in [7, 11) is 1.77. The first-order valence-electron chi connectivity index (χ1n) is 7.13. The molecule has 1 saturated heterocycles. The zero-order chi connectivity index (χ0) is 14.5. The van der Waals surface area contributed by atoms with Crippen molar-refractivity contribution >= 4 is 11.9 Å². The molecule has 1 aliphatic heterocycles. The molecule has 7 heteroatoms. The molecule has 1 aromatic heterocycles. The average Bonchev–Trinajstić information content (AvgIpc) is 2.47. The third-order valence-electron chi connectivity index (χ3n) is 3.60. The number of aliphatic hydroxyl groups excluding tert-OH is 1. The van der Waals surface area contributed by atoms with Crippen LogP contribution in [0.4, 0.5) is 11.9 Å². The van der Waals surface area contributed by atoms with Gasteiger partial charge in [0.2, 0.25) is 11.9 Å². The molecule has 1 fully saturated rings. The van der Waals surface area contributed by atoms with E-state index in [9.17, 15) is 5.11 Å². The van der Waals surface area contributed by atoms with Gasteiger partial charge in [-0.2, -0.15) is 15.0 Å². The molecule has 2 heterocycles. The van der Waals surface area contributed by atoms with Crippen molar-refractivity contribution in [2.75, 3.05) is 37.0 Å². The van der Waals surface area contributed by atoms with Crippen molar-refractivity contribution in [2.45, 2.75) is 32.8 Å². The van der Waals surface area contributed by atoms with E-state index in [4.69, 9.17) is 4.74 Å². The van der Waals surface area contributed by atoms with E-state index < -0.39 is 0 Å². The molecule has 0 amide bonds. The number of aliphatic hydroxyl groups is 1. The minimum Gasteiger partial charge on any atom is -0.464 e. The summed E-state index contributed by atoms with van der Waals surface area (Å²) < 4.78 is 5.37. The van der Waals surface area contributed by atoms with E-state index in [0.717, 1.165) is 25.9 Å². The van der Waals surface area contributed by atoms with Crippen LogP contribution in [0.5, 0.6) is 6.01 Å². The lowest BCUT2D eigenvalue weighted by atomic mass is 9.92. The van der Waals surface area contributed by atoms with Gasteiger partial charge in [0, 0.05) is 20.1 Å². The van der Waals surface area contributed by atoms with Crippen molar-refractivity contribution in [3.05, 3.63) is 0 Å². The minimum atomic E-state index is -0.248. The second-order valence-corrected chi connectivity index (χ2v) is 4.99. The van der Waals surface area contributed by atoms with Crippen LogP contribution in [-0.4, -0.2) is 52.9 Å². The number of hydrogen-bond donors (Lipinski definition) is 2. The maximum absolute atomic E-state index is 9.64. The van der Waals surface area contributed by atoms with Crippen molar-refractivity contribution < 1.29 is 9.84 Å². The molecule has 112 valence electrons. The van der Waals surface area contributed by atoms with Gasteiger partial charge in [0.25, 0.3) is 0 Å². The lowest BCUT2D eigenvalue weighted by Gasteiger charge is -2.33. The molecule has 0 aliphatic carbocycles. The van der Waals surface area contributed by atoms with Crippen molar-refractivity contribution in [1.29, 1.82) is 0 Å². The molecule has 1 aromatic rings. The zero-order valence-electron chi connectivity index (χ0n) is 12.3. The van der Waals surface area contributed by atoms with E-state index >= 15 is 0 Å². The molecule has 1 unspecified atom stereocenters. The Balaban J connectivity index is 2.10. The molecule has 2 rings (SSSR count). The molecule has 1 aliphatic rings. The van der Waals surface area contributed by atoms with Gasteiger partial charge < -0.3 is 20.1 Å². The van der Waals surface area contributed by atoms with Crippen molar-refractivity contribution in [2.24, 2.45) is 5.92 Å². The minimum absolute atomic E-state index is 0.248. The zero-order valence-corrected chi connectivity index (χ0v) is 12.3. The number of nitrogens with one attached hydrogen (secondary N) is 1. The average molecular weight is 281 g/mol. The molecule has 0 spiro atoms. The van der Waals surface area contributed by atoms with Crippen LogP contribution < -0.4 is 15.0 Å². The number of ether oxygens (including phenoxy) is 1. The van der Waals surface area contributed by atoms with E-state index in [1.165, 1.54) is 0 Å². The summed E-state index contributed by atoms with van der Waals surface area (Å²) in [5.74, 6) is 1.51. The maximum Gasteiger partial charge on any atom is 0.323 e. The summed E-state index contributed by atoms with van der Waals surface area (Å²) in [6.07, 6.45) is 1.65. The van der Waals surface area contributed by atoms with Gasteiger partial charge in [0.05, 0.1) is 12.7 Å². The summed E-state index contributed by atoms with van der Waals surface area (Å²) in [6.45, 7) is 5.96. The molecule has 0 saturated carbocycles. The van der Waals surface area contributed by atoms with Crippen molar-refractivity contribution in [3.8, 4) is 6.01 Å². The van der Waals surface area contributed by atoms with Crippen molar-refractivity contribution in [1.82, 2.24) is 15.0 Å². The van der Waals surface area contributed by atoms with E-state index in [-0.39, 0.29) is 6.10 Å². The normalized spacial score (nSPS) is 17.9. The monoisotopic (exact) mass is 281 g/mol. The first-order chi connectivity index (χ1) is 9.63. The third-order valence-corrected chi connectivity index (χ3v) is 3.60. The van der Waals surface area contributed by atoms with Gasteiger partial charge in [-0.05, 0) is 32.6 Å². The Kier molecular flexibility index (Phi) is 4.94. The van der Waals surface area contributed by atoms with Crippen LogP contribution >= 0.6 is 0 Å². The standard InChI is InChI=1S/C13H23N5O2/c1-4-20-13-16-11(14-3)15-12(17-13)18-7-5-10(6-8-18)9(2)19/h9-10,19H,4-8H2,1-3H3,(H,14,15,16,17). The summed E-state index contributed by atoms with van der Waals surface area (Å²) in [4.78, 5) is 15.0. The smallest absolute Gasteiger partial charge is 0.323 e. The highest BCUT2D eigenvalue weighted by atomic mass is 16.5. The molecule has 7 nitrogen and oxygen atoms in total. The van der Waals surface area contributed by atoms with Gasteiger partial charge in [-0.1, -0.05) is 0 Å². The fourth-order valence-corrected chi connectivity index (χ4v) is 2.37. The summed E-state index contributed by atoms with van der Waals surface area (Å²) in [5, 5.41) is 12.6. The summed E-state index contributed by atoms with van der Waals surface area (Å²) in [5.41, 5.74) is 0. The lowest BCUT2D eigenvalue weighted by Crippen LogP contribution is -2.38. The number of piperidine rings is 1. The Bertz CT molecular complexity index is 433. The maximum atomic E-state index is 9.64. The van der Waals surface area contributed by atoms with E-state index in [1.54, 1.807) is 7.05 Å². The fourth-order valence-electron chi connectivity index (χ4n) is 2.37. The van der Waals surface area contributed by atoms with E-state index in [0.29, 0.717) is 30.4 Å². The fraction of sp³-hybridized carbons (Fsp3) is 0.769. The second-order valence-electron chi connectivity index (χ2n) is 4.99. The molecule has 0 bridgehead atoms. The number of aromatic nitrogens is 3. The first-order valence-corrected chi connectivity index (χ1v) is 7.13. The van der Waals surface area contributed by atoms with Gasteiger partial charge in [-0.25, -0.2) is 0 Å². The summed E-state index contributed by atoms with van der Waals surface area (Å²) in [6, 6.07) is 0.347. The van der Waals surface area contributed by atoms with Crippen LogP contribution in [-0.2, 0) is 0 Å². The largest absolute Gasteiger partial charge is 0.464 e. The Labute approximate surface area is 119 Å². The van der Waals surface area contributed by atoms with Crippen LogP contribution in [0.1, 0.15) is 26.7 Å². The first kappa shape index (κ1) is 14.8. The van der Waals surface area contributed by atoms with Gasteiger partial charge in [0.1, 0.15) is 0 Å². The second kappa shape index (κ2) is 6.69. The Morgan fingerprint density at radius 3 is 2.60 bits per heavy atom. The van der Waals surface area contributed by atoms with Crippen LogP contribution in [0, 0.1) is 5.92 Å². The highest BCUT2D eigenvalue weighted by molar-refractivity contribution is 5.38. The molecule has 20 heavy (non-hydrogen) atoms. The lowest BCUT2D eigenvalue weighted by molar-refractivity contribution is 0.109. The van der Waals surface area contributed by atoms with Crippen LogP contribution in [0.25, 0.3) is 0 Å². The van der Waals surface area contributed by atoms with Gasteiger partial charge in [-0.3, -0.25) is 0 Å². The van der Waals surface area contributed by atoms with E-state index in [2.05, 4.69) is 25.2 Å². The highest BCUT2D eigenvalue weighted by Gasteiger charge is 2.24. The quantitative estimate of drug-likeness (QED) is 0.830. The SMILES string of the molecule is CCOc1nc(NC)nc(N2CCC(C(C)O)CC2)n1. The Hall–Kier alpha value is -1.63. The number of anilines is 2. The molecule has 2 N–H and O–H groups in total. The number of rotatable bonds is 5. The number of nitrogens with zero attached hydrogens (tertiary/aromatic N) is 4. The van der Waals surface area contributed by atoms with E-state index in [1.807, 2.05) is 13.8 Å². The highest BCUT2D eigenvalue weighted by Crippen LogP contribution is 2.24. The topological polar surface area (TPSA) is 83.4 Å². The van der Waals surface area contributed by atoms with Gasteiger partial charge in [-0.15, -0.1) is 0 Å². The van der Waals surface area contributed by atoms with Crippen LogP contribution in [0.3, 0.4) is 0 Å². The molecule has 0 aromatic carbocycles. The molecular weight excluding hydrogens is 258 g/mol. The molecule has 1 atom stereocenters. The Morgan fingerprint density at radius 1 is 1.35 bits per heavy atom. The predicted octanol–water partition coefficient (Wildman–Crippen LogP) is 0.909. The van der Waals surface area contributed by atoms with Crippen LogP contribution in [0.15, 0.2) is 0 Å². The van der Waals surface area contributed by atoms with Crippen molar-refractivity contribution in [3.63, 3.8) is 0 Å². The van der Waals surface area contributed by atoms with Gasteiger partial charge >= 0.3 is 6.01 Å². The van der Waals surface area contributed by atoms with Crippen LogP contribution in [0.2, 0.25) is 0 Å². The van der Waals surface area contributed by atoms with Gasteiger partial charge in [0.15, 0.2) is 0 Å². The molecular formula is C13H23N5O2. The Morgan fingerprint density at radius 2 is 2.05 bits per heavy atom. The molecule has 0 radical (unpaired) electrons.